The largest absolute Gasteiger partial charge is 0.495 e. The second-order valence-corrected chi connectivity index (χ2v) is 4.70. The fraction of sp³-hybridized carbons (Fsp3) is 0.500. The average Bonchev–Trinajstić information content (AvgIpc) is 2.85. The van der Waals surface area contributed by atoms with Gasteiger partial charge in [-0.05, 0) is 30.9 Å². The van der Waals surface area contributed by atoms with Crippen LogP contribution in [-0.4, -0.2) is 31.3 Å². The summed E-state index contributed by atoms with van der Waals surface area (Å²) in [6.07, 6.45) is 2.09. The van der Waals surface area contributed by atoms with Crippen LogP contribution in [0, 0.1) is 5.92 Å². The van der Waals surface area contributed by atoms with Crippen LogP contribution < -0.4 is 9.64 Å². The van der Waals surface area contributed by atoms with E-state index in [2.05, 4.69) is 11.0 Å². The van der Waals surface area contributed by atoms with E-state index in [1.165, 1.54) is 0 Å². The molecule has 1 atom stereocenters. The molecule has 1 saturated heterocycles. The highest BCUT2D eigenvalue weighted by Gasteiger charge is 2.24. The van der Waals surface area contributed by atoms with E-state index in [4.69, 9.17) is 9.84 Å². The zero-order valence-electron chi connectivity index (χ0n) is 10.6. The van der Waals surface area contributed by atoms with Crippen LogP contribution >= 0.6 is 0 Å². The van der Waals surface area contributed by atoms with Crippen LogP contribution in [0.3, 0.4) is 0 Å². The van der Waals surface area contributed by atoms with Crippen molar-refractivity contribution in [2.45, 2.75) is 19.3 Å². The summed E-state index contributed by atoms with van der Waals surface area (Å²) in [6, 6.07) is 7.97. The molecule has 1 unspecified atom stereocenters. The van der Waals surface area contributed by atoms with Crippen LogP contribution in [0.1, 0.15) is 19.3 Å². The van der Waals surface area contributed by atoms with Crippen molar-refractivity contribution in [3.05, 3.63) is 24.3 Å². The van der Waals surface area contributed by atoms with Crippen LogP contribution in [0.2, 0.25) is 0 Å². The van der Waals surface area contributed by atoms with Crippen molar-refractivity contribution < 1.29 is 14.6 Å². The molecule has 1 aromatic carbocycles. The number of hydrogen-bond donors (Lipinski definition) is 1. The van der Waals surface area contributed by atoms with Gasteiger partial charge in [0, 0.05) is 19.5 Å². The Labute approximate surface area is 107 Å². The maximum atomic E-state index is 10.6. The molecule has 0 radical (unpaired) electrons. The van der Waals surface area contributed by atoms with Crippen molar-refractivity contribution >= 4 is 11.7 Å². The topological polar surface area (TPSA) is 49.8 Å². The van der Waals surface area contributed by atoms with Crippen LogP contribution in [0.5, 0.6) is 5.75 Å². The second-order valence-electron chi connectivity index (χ2n) is 4.70. The Hall–Kier alpha value is -1.71. The van der Waals surface area contributed by atoms with Crippen molar-refractivity contribution in [2.75, 3.05) is 25.1 Å². The Bertz CT molecular complexity index is 419. The van der Waals surface area contributed by atoms with Gasteiger partial charge >= 0.3 is 5.97 Å². The van der Waals surface area contributed by atoms with Gasteiger partial charge in [0.05, 0.1) is 12.8 Å². The molecule has 1 aliphatic heterocycles. The number of methoxy groups -OCH3 is 1. The number of carboxylic acid groups (broad SMARTS) is 1. The smallest absolute Gasteiger partial charge is 0.303 e. The highest BCUT2D eigenvalue weighted by Crippen LogP contribution is 2.33. The van der Waals surface area contributed by atoms with Crippen LogP contribution in [0.25, 0.3) is 0 Å². The standard InChI is InChI=1S/C14H19NO3/c1-18-13-5-3-2-4-12(13)15-9-8-11(10-15)6-7-14(16)17/h2-5,11H,6-10H2,1H3,(H,16,17). The van der Waals surface area contributed by atoms with E-state index >= 15 is 0 Å². The molecule has 1 N–H and O–H groups in total. The Balaban J connectivity index is 1.97. The third kappa shape index (κ3) is 2.94. The summed E-state index contributed by atoms with van der Waals surface area (Å²) in [7, 11) is 1.68. The molecule has 0 aromatic heterocycles. The molecule has 2 rings (SSSR count). The Morgan fingerprint density at radius 2 is 2.28 bits per heavy atom. The molecule has 98 valence electrons. The highest BCUT2D eigenvalue weighted by atomic mass is 16.5. The van der Waals surface area contributed by atoms with E-state index < -0.39 is 5.97 Å². The minimum Gasteiger partial charge on any atom is -0.495 e. The summed E-state index contributed by atoms with van der Waals surface area (Å²) in [5, 5.41) is 8.71. The van der Waals surface area contributed by atoms with Gasteiger partial charge in [-0.2, -0.15) is 0 Å². The summed E-state index contributed by atoms with van der Waals surface area (Å²) >= 11 is 0. The van der Waals surface area contributed by atoms with Gasteiger partial charge in [0.1, 0.15) is 5.75 Å². The van der Waals surface area contributed by atoms with Gasteiger partial charge in [-0.15, -0.1) is 0 Å². The molecule has 1 aromatic rings. The SMILES string of the molecule is COc1ccccc1N1CCC(CCC(=O)O)C1. The fourth-order valence-corrected chi connectivity index (χ4v) is 2.51. The molecule has 1 fully saturated rings. The molecule has 4 nitrogen and oxygen atoms in total. The molecule has 0 aliphatic carbocycles. The van der Waals surface area contributed by atoms with Crippen LogP contribution in [0.15, 0.2) is 24.3 Å². The fourth-order valence-electron chi connectivity index (χ4n) is 2.51. The Morgan fingerprint density at radius 3 is 3.00 bits per heavy atom. The van der Waals surface area contributed by atoms with E-state index in [1.54, 1.807) is 7.11 Å². The number of nitrogens with zero attached hydrogens (tertiary/aromatic N) is 1. The van der Waals surface area contributed by atoms with Gasteiger partial charge in [0.2, 0.25) is 0 Å². The normalized spacial score (nSPS) is 18.9. The van der Waals surface area contributed by atoms with E-state index in [9.17, 15) is 4.79 Å². The van der Waals surface area contributed by atoms with Crippen molar-refractivity contribution in [1.29, 1.82) is 0 Å². The summed E-state index contributed by atoms with van der Waals surface area (Å²) in [6.45, 7) is 1.90. The number of anilines is 1. The summed E-state index contributed by atoms with van der Waals surface area (Å²) < 4.78 is 5.36. The molecule has 18 heavy (non-hydrogen) atoms. The molecule has 0 spiro atoms. The zero-order valence-corrected chi connectivity index (χ0v) is 10.6. The van der Waals surface area contributed by atoms with Gasteiger partial charge in [-0.25, -0.2) is 0 Å². The molecular weight excluding hydrogens is 230 g/mol. The number of aliphatic carboxylic acids is 1. The quantitative estimate of drug-likeness (QED) is 0.870. The van der Waals surface area contributed by atoms with Gasteiger partial charge in [0.15, 0.2) is 0 Å². The molecule has 0 saturated carbocycles. The molecule has 0 bridgehead atoms. The Morgan fingerprint density at radius 1 is 1.50 bits per heavy atom. The van der Waals surface area contributed by atoms with Gasteiger partial charge in [-0.3, -0.25) is 4.79 Å². The second kappa shape index (κ2) is 5.76. The van der Waals surface area contributed by atoms with E-state index in [0.29, 0.717) is 5.92 Å². The third-order valence-corrected chi connectivity index (χ3v) is 3.48. The van der Waals surface area contributed by atoms with Crippen molar-refractivity contribution in [3.63, 3.8) is 0 Å². The predicted octanol–water partition coefficient (Wildman–Crippen LogP) is 2.39. The number of ether oxygens (including phenoxy) is 1. The molecule has 1 heterocycles. The highest BCUT2D eigenvalue weighted by molar-refractivity contribution is 5.66. The summed E-state index contributed by atoms with van der Waals surface area (Å²) in [5.41, 5.74) is 1.11. The van der Waals surface area contributed by atoms with Crippen molar-refractivity contribution in [3.8, 4) is 5.75 Å². The lowest BCUT2D eigenvalue weighted by Crippen LogP contribution is -2.20. The molecular formula is C14H19NO3. The molecule has 4 heteroatoms. The van der Waals surface area contributed by atoms with Crippen LogP contribution in [0.4, 0.5) is 5.69 Å². The van der Waals surface area contributed by atoms with E-state index in [1.807, 2.05) is 18.2 Å². The van der Waals surface area contributed by atoms with Gasteiger partial charge in [-0.1, -0.05) is 12.1 Å². The number of benzene rings is 1. The number of carboxylic acids is 1. The number of hydrogen-bond acceptors (Lipinski definition) is 3. The van der Waals surface area contributed by atoms with Crippen molar-refractivity contribution in [1.82, 2.24) is 0 Å². The lowest BCUT2D eigenvalue weighted by atomic mass is 10.0. The zero-order chi connectivity index (χ0) is 13.0. The monoisotopic (exact) mass is 249 g/mol. The predicted molar refractivity (Wildman–Crippen MR) is 70.2 cm³/mol. The Kier molecular flexibility index (Phi) is 4.07. The van der Waals surface area contributed by atoms with Crippen molar-refractivity contribution in [2.24, 2.45) is 5.92 Å². The minimum absolute atomic E-state index is 0.268. The third-order valence-electron chi connectivity index (χ3n) is 3.48. The average molecular weight is 249 g/mol. The summed E-state index contributed by atoms with van der Waals surface area (Å²) in [5.74, 6) is 0.660. The first kappa shape index (κ1) is 12.7. The maximum Gasteiger partial charge on any atom is 0.303 e. The number of para-hydroxylation sites is 2. The molecule has 0 amide bonds. The first-order chi connectivity index (χ1) is 8.70. The first-order valence-electron chi connectivity index (χ1n) is 6.30. The number of rotatable bonds is 5. The number of carbonyl (C=O) groups is 1. The molecule has 1 aliphatic rings. The lowest BCUT2D eigenvalue weighted by molar-refractivity contribution is -0.137. The van der Waals surface area contributed by atoms with E-state index in [-0.39, 0.29) is 6.42 Å². The van der Waals surface area contributed by atoms with Gasteiger partial charge in [0.25, 0.3) is 0 Å². The first-order valence-corrected chi connectivity index (χ1v) is 6.30. The lowest BCUT2D eigenvalue weighted by Gasteiger charge is -2.21. The summed E-state index contributed by atoms with van der Waals surface area (Å²) in [4.78, 5) is 12.9. The maximum absolute atomic E-state index is 10.6. The van der Waals surface area contributed by atoms with E-state index in [0.717, 1.165) is 37.4 Å². The van der Waals surface area contributed by atoms with Crippen LogP contribution in [-0.2, 0) is 4.79 Å². The van der Waals surface area contributed by atoms with Gasteiger partial charge < -0.3 is 14.7 Å². The minimum atomic E-state index is -0.703.